The van der Waals surface area contributed by atoms with Crippen molar-refractivity contribution in [3.63, 3.8) is 0 Å². The van der Waals surface area contributed by atoms with Crippen LogP contribution in [-0.4, -0.2) is 63.9 Å². The van der Waals surface area contributed by atoms with Crippen molar-refractivity contribution in [1.29, 1.82) is 0 Å². The van der Waals surface area contributed by atoms with Gasteiger partial charge in [-0.25, -0.2) is 23.2 Å². The molecule has 0 spiro atoms. The molecule has 2 aromatic heterocycles. The number of fused-ring (bicyclic) bond motifs is 3. The molecule has 0 saturated carbocycles. The van der Waals surface area contributed by atoms with Crippen molar-refractivity contribution in [3.8, 4) is 0 Å². The Morgan fingerprint density at radius 1 is 1.08 bits per heavy atom. The number of hydrogen-bond acceptors (Lipinski definition) is 8. The number of carboxylic acid groups (broad SMARTS) is 1. The number of sulfone groups is 1. The number of nitrogens with one attached hydrogen (secondary N) is 1. The first kappa shape index (κ1) is 26.5. The van der Waals surface area contributed by atoms with Gasteiger partial charge in [-0.15, -0.1) is 0 Å². The number of carbonyl (C=O) groups is 1. The van der Waals surface area contributed by atoms with E-state index >= 15 is 0 Å². The van der Waals surface area contributed by atoms with Crippen LogP contribution in [0.4, 0.5) is 19.1 Å². The van der Waals surface area contributed by atoms with Crippen molar-refractivity contribution in [1.82, 2.24) is 19.9 Å². The van der Waals surface area contributed by atoms with Crippen molar-refractivity contribution < 1.29 is 31.5 Å². The SMILES string of the molecule is O=C(O)C(F)(F)F.O=S1(=O)Cc2cnc(NCc3ccccc3)nc2[C@H]2CN(Cc3cccnc3)C[C@H]21. The van der Waals surface area contributed by atoms with E-state index in [1.165, 1.54) is 0 Å². The average molecular weight is 536 g/mol. The lowest BCUT2D eigenvalue weighted by atomic mass is 10.00. The molecule has 5 rings (SSSR count). The number of anilines is 1. The lowest BCUT2D eigenvalue weighted by molar-refractivity contribution is -0.192. The maximum absolute atomic E-state index is 12.9. The molecule has 1 aromatic carbocycles. The van der Waals surface area contributed by atoms with Crippen molar-refractivity contribution in [2.24, 2.45) is 0 Å². The van der Waals surface area contributed by atoms with E-state index in [1.54, 1.807) is 12.4 Å². The van der Waals surface area contributed by atoms with Gasteiger partial charge in [0.15, 0.2) is 9.84 Å². The standard InChI is InChI=1S/C22H23N5O2S.C2HF3O2/c28-30(29)15-18-11-25-22(24-10-16-5-2-1-3-6-16)26-21(18)19-13-27(14-20(19)30)12-17-7-4-8-23-9-17;3-2(4,5)1(6)7/h1-9,11,19-20H,10,12-15H2,(H,24,25,26);(H,6,7)/t19-,20+;/m0./s1. The van der Waals surface area contributed by atoms with Crippen molar-refractivity contribution >= 4 is 21.8 Å². The number of aromatic nitrogens is 3. The fraction of sp³-hybridized carbons (Fsp3) is 0.333. The number of nitrogens with zero attached hydrogens (tertiary/aromatic N) is 4. The maximum atomic E-state index is 12.9. The van der Waals surface area contributed by atoms with E-state index in [4.69, 9.17) is 14.9 Å². The Balaban J connectivity index is 0.000000405. The average Bonchev–Trinajstić information content (AvgIpc) is 3.29. The second-order valence-corrected chi connectivity index (χ2v) is 11.0. The zero-order valence-electron chi connectivity index (χ0n) is 19.5. The quantitative estimate of drug-likeness (QED) is 0.507. The monoisotopic (exact) mass is 535 g/mol. The number of benzene rings is 1. The molecule has 0 radical (unpaired) electrons. The smallest absolute Gasteiger partial charge is 0.475 e. The minimum absolute atomic E-state index is 0.0171. The summed E-state index contributed by atoms with van der Waals surface area (Å²) >= 11 is 0. The molecule has 0 bridgehead atoms. The molecule has 2 atom stereocenters. The normalized spacial score (nSPS) is 20.2. The van der Waals surface area contributed by atoms with Crippen LogP contribution in [0.2, 0.25) is 0 Å². The third-order valence-corrected chi connectivity index (χ3v) is 8.19. The summed E-state index contributed by atoms with van der Waals surface area (Å²) in [4.78, 5) is 24.4. The number of rotatable bonds is 5. The van der Waals surface area contributed by atoms with Crippen LogP contribution in [0.1, 0.15) is 28.3 Å². The fourth-order valence-corrected chi connectivity index (χ4v) is 6.42. The van der Waals surface area contributed by atoms with Gasteiger partial charge in [0.1, 0.15) is 0 Å². The molecule has 196 valence electrons. The molecular weight excluding hydrogens is 511 g/mol. The van der Waals surface area contributed by atoms with Gasteiger partial charge in [-0.3, -0.25) is 9.88 Å². The van der Waals surface area contributed by atoms with Gasteiger partial charge in [0, 0.05) is 56.3 Å². The van der Waals surface area contributed by atoms with Crippen molar-refractivity contribution in [2.75, 3.05) is 18.4 Å². The lowest BCUT2D eigenvalue weighted by Crippen LogP contribution is -2.35. The summed E-state index contributed by atoms with van der Waals surface area (Å²) in [6.07, 6.45) is 0.167. The van der Waals surface area contributed by atoms with E-state index < -0.39 is 27.2 Å². The number of pyridine rings is 1. The van der Waals surface area contributed by atoms with E-state index in [0.29, 0.717) is 32.1 Å². The first-order valence-corrected chi connectivity index (χ1v) is 13.0. The van der Waals surface area contributed by atoms with Gasteiger partial charge < -0.3 is 10.4 Å². The molecule has 37 heavy (non-hydrogen) atoms. The third-order valence-electron chi connectivity index (χ3n) is 6.07. The number of likely N-dealkylation sites (tertiary alicyclic amines) is 1. The molecular formula is C24H24F3N5O4S. The van der Waals surface area contributed by atoms with E-state index in [-0.39, 0.29) is 11.7 Å². The Bertz CT molecular complexity index is 1340. The van der Waals surface area contributed by atoms with Crippen LogP contribution in [0.3, 0.4) is 0 Å². The molecule has 1 saturated heterocycles. The molecule has 3 aromatic rings. The van der Waals surface area contributed by atoms with Crippen LogP contribution >= 0.6 is 0 Å². The number of aliphatic carboxylic acids is 1. The fourth-order valence-electron chi connectivity index (χ4n) is 4.40. The molecule has 2 aliphatic rings. The number of carboxylic acids is 1. The minimum atomic E-state index is -5.08. The predicted molar refractivity (Wildman–Crippen MR) is 128 cm³/mol. The molecule has 4 heterocycles. The minimum Gasteiger partial charge on any atom is -0.475 e. The predicted octanol–water partition coefficient (Wildman–Crippen LogP) is 3.01. The third kappa shape index (κ3) is 6.60. The van der Waals surface area contributed by atoms with E-state index in [0.717, 1.165) is 22.4 Å². The first-order valence-electron chi connectivity index (χ1n) is 11.3. The Morgan fingerprint density at radius 2 is 1.78 bits per heavy atom. The van der Waals surface area contributed by atoms with Gasteiger partial charge in [-0.05, 0) is 17.2 Å². The first-order chi connectivity index (χ1) is 17.5. The summed E-state index contributed by atoms with van der Waals surface area (Å²) < 4.78 is 57.6. The van der Waals surface area contributed by atoms with Crippen molar-refractivity contribution in [2.45, 2.75) is 36.2 Å². The number of alkyl halides is 3. The van der Waals surface area contributed by atoms with Gasteiger partial charge in [0.25, 0.3) is 0 Å². The highest BCUT2D eigenvalue weighted by atomic mass is 32.2. The summed E-state index contributed by atoms with van der Waals surface area (Å²) in [7, 11) is -3.22. The van der Waals surface area contributed by atoms with E-state index in [1.807, 2.05) is 48.7 Å². The van der Waals surface area contributed by atoms with Crippen LogP contribution in [0, 0.1) is 0 Å². The summed E-state index contributed by atoms with van der Waals surface area (Å²) in [6, 6.07) is 14.0. The van der Waals surface area contributed by atoms with Gasteiger partial charge in [-0.1, -0.05) is 36.4 Å². The number of hydrogen-bond donors (Lipinski definition) is 2. The lowest BCUT2D eigenvalue weighted by Gasteiger charge is -2.26. The van der Waals surface area contributed by atoms with Gasteiger partial charge in [0.05, 0.1) is 16.7 Å². The molecule has 0 aliphatic carbocycles. The Kier molecular flexibility index (Phi) is 7.73. The van der Waals surface area contributed by atoms with Crippen LogP contribution < -0.4 is 5.32 Å². The molecule has 1 fully saturated rings. The summed E-state index contributed by atoms with van der Waals surface area (Å²) in [5.74, 6) is -2.33. The Morgan fingerprint density at radius 3 is 2.43 bits per heavy atom. The highest BCUT2D eigenvalue weighted by Gasteiger charge is 2.47. The Labute approximate surface area is 211 Å². The van der Waals surface area contributed by atoms with Crippen LogP contribution in [0.15, 0.2) is 61.1 Å². The van der Waals surface area contributed by atoms with Gasteiger partial charge >= 0.3 is 12.1 Å². The molecule has 13 heteroatoms. The van der Waals surface area contributed by atoms with Crippen LogP contribution in [-0.2, 0) is 33.5 Å². The second kappa shape index (κ2) is 10.8. The molecule has 0 amide bonds. The van der Waals surface area contributed by atoms with Crippen LogP contribution in [0.5, 0.6) is 0 Å². The van der Waals surface area contributed by atoms with E-state index in [9.17, 15) is 21.6 Å². The van der Waals surface area contributed by atoms with E-state index in [2.05, 4.69) is 20.2 Å². The van der Waals surface area contributed by atoms with Crippen LogP contribution in [0.25, 0.3) is 0 Å². The summed E-state index contributed by atoms with van der Waals surface area (Å²) in [5.41, 5.74) is 3.82. The zero-order chi connectivity index (χ0) is 26.6. The Hall–Kier alpha value is -3.58. The topological polar surface area (TPSA) is 125 Å². The van der Waals surface area contributed by atoms with Crippen molar-refractivity contribution in [3.05, 3.63) is 83.4 Å². The van der Waals surface area contributed by atoms with Gasteiger partial charge in [0.2, 0.25) is 5.95 Å². The largest absolute Gasteiger partial charge is 0.490 e. The highest BCUT2D eigenvalue weighted by Crippen LogP contribution is 2.39. The molecule has 0 unspecified atom stereocenters. The molecule has 2 aliphatic heterocycles. The maximum Gasteiger partial charge on any atom is 0.490 e. The number of halogens is 3. The highest BCUT2D eigenvalue weighted by molar-refractivity contribution is 7.91. The summed E-state index contributed by atoms with van der Waals surface area (Å²) in [5, 5.41) is 9.98. The van der Waals surface area contributed by atoms with Gasteiger partial charge in [-0.2, -0.15) is 13.2 Å². The zero-order valence-corrected chi connectivity index (χ0v) is 20.3. The second-order valence-electron chi connectivity index (χ2n) is 8.75. The molecule has 2 N–H and O–H groups in total. The molecule has 9 nitrogen and oxygen atoms in total. The summed E-state index contributed by atoms with van der Waals surface area (Å²) in [6.45, 7) is 2.51.